The summed E-state index contributed by atoms with van der Waals surface area (Å²) in [5.41, 5.74) is 5.48. The highest BCUT2D eigenvalue weighted by Gasteiger charge is 2.16. The molecule has 1 aliphatic carbocycles. The van der Waals surface area contributed by atoms with Crippen molar-refractivity contribution < 1.29 is 0 Å². The lowest BCUT2D eigenvalue weighted by molar-refractivity contribution is 0.188. The van der Waals surface area contributed by atoms with Crippen molar-refractivity contribution in [2.24, 2.45) is 5.73 Å². The highest BCUT2D eigenvalue weighted by atomic mass is 15.1. The van der Waals surface area contributed by atoms with Crippen LogP contribution in [0.15, 0.2) is 0 Å². The van der Waals surface area contributed by atoms with Gasteiger partial charge in [0.05, 0.1) is 0 Å². The van der Waals surface area contributed by atoms with Crippen LogP contribution in [0.2, 0.25) is 0 Å². The molecule has 1 saturated carbocycles. The van der Waals surface area contributed by atoms with E-state index in [1.54, 1.807) is 0 Å². The van der Waals surface area contributed by atoms with Crippen LogP contribution in [0.1, 0.15) is 64.2 Å². The Morgan fingerprint density at radius 2 is 1.56 bits per heavy atom. The zero-order valence-corrected chi connectivity index (χ0v) is 11.1. The molecule has 0 aromatic rings. The van der Waals surface area contributed by atoms with E-state index < -0.39 is 0 Å². The lowest BCUT2D eigenvalue weighted by atomic mass is 9.94. The van der Waals surface area contributed by atoms with E-state index in [9.17, 15) is 0 Å². The molecule has 0 heterocycles. The van der Waals surface area contributed by atoms with E-state index in [1.807, 2.05) is 0 Å². The maximum absolute atomic E-state index is 5.48. The molecule has 0 amide bonds. The van der Waals surface area contributed by atoms with E-state index in [2.05, 4.69) is 11.9 Å². The monoisotopic (exact) mass is 226 g/mol. The van der Waals surface area contributed by atoms with Gasteiger partial charge in [-0.15, -0.1) is 0 Å². The van der Waals surface area contributed by atoms with Crippen molar-refractivity contribution in [3.8, 4) is 0 Å². The maximum Gasteiger partial charge on any atom is 0.00922 e. The fourth-order valence-corrected chi connectivity index (χ4v) is 2.74. The molecule has 1 aliphatic rings. The van der Waals surface area contributed by atoms with Gasteiger partial charge in [-0.25, -0.2) is 0 Å². The van der Waals surface area contributed by atoms with E-state index >= 15 is 0 Å². The van der Waals surface area contributed by atoms with Gasteiger partial charge in [-0.3, -0.25) is 0 Å². The van der Waals surface area contributed by atoms with Gasteiger partial charge >= 0.3 is 0 Å². The van der Waals surface area contributed by atoms with Crippen LogP contribution in [-0.4, -0.2) is 31.1 Å². The van der Waals surface area contributed by atoms with E-state index in [-0.39, 0.29) is 0 Å². The van der Waals surface area contributed by atoms with Crippen molar-refractivity contribution in [1.82, 2.24) is 4.90 Å². The molecule has 0 aromatic heterocycles. The largest absolute Gasteiger partial charge is 0.330 e. The lowest BCUT2D eigenvalue weighted by Crippen LogP contribution is -2.34. The zero-order chi connectivity index (χ0) is 11.6. The third-order valence-corrected chi connectivity index (χ3v) is 3.91. The van der Waals surface area contributed by atoms with Crippen LogP contribution in [0, 0.1) is 0 Å². The van der Waals surface area contributed by atoms with Crippen LogP contribution in [0.4, 0.5) is 0 Å². The Morgan fingerprint density at radius 1 is 0.938 bits per heavy atom. The second-order valence-electron chi connectivity index (χ2n) is 5.33. The third kappa shape index (κ3) is 5.86. The molecule has 1 rings (SSSR count). The van der Waals surface area contributed by atoms with Crippen LogP contribution in [0.25, 0.3) is 0 Å². The van der Waals surface area contributed by atoms with Crippen LogP contribution < -0.4 is 5.73 Å². The molecule has 2 N–H and O–H groups in total. The molecule has 2 heteroatoms. The van der Waals surface area contributed by atoms with E-state index in [4.69, 9.17) is 5.73 Å². The molecular formula is C14H30N2. The molecule has 0 aromatic carbocycles. The summed E-state index contributed by atoms with van der Waals surface area (Å²) < 4.78 is 0. The summed E-state index contributed by atoms with van der Waals surface area (Å²) >= 11 is 0. The predicted octanol–water partition coefficient (Wildman–Crippen LogP) is 3.16. The molecule has 0 unspecified atom stereocenters. The molecule has 2 nitrogen and oxygen atoms in total. The highest BCUT2D eigenvalue weighted by Crippen LogP contribution is 2.21. The first-order valence-corrected chi connectivity index (χ1v) is 7.25. The summed E-state index contributed by atoms with van der Waals surface area (Å²) in [5.74, 6) is 0. The Labute approximate surface area is 102 Å². The molecule has 0 bridgehead atoms. The van der Waals surface area contributed by atoms with Crippen LogP contribution in [-0.2, 0) is 0 Å². The molecule has 0 saturated heterocycles. The Kier molecular flexibility index (Phi) is 7.87. The fourth-order valence-electron chi connectivity index (χ4n) is 2.74. The SMILES string of the molecule is CN(CCCCCCCN)C1CCCCC1. The van der Waals surface area contributed by atoms with Crippen molar-refractivity contribution in [3.05, 3.63) is 0 Å². The Morgan fingerprint density at radius 3 is 2.25 bits per heavy atom. The van der Waals surface area contributed by atoms with Crippen molar-refractivity contribution in [3.63, 3.8) is 0 Å². The van der Waals surface area contributed by atoms with Gasteiger partial charge in [-0.1, -0.05) is 38.5 Å². The Balaban J connectivity index is 1.94. The zero-order valence-electron chi connectivity index (χ0n) is 11.1. The number of nitrogens with zero attached hydrogens (tertiary/aromatic N) is 1. The van der Waals surface area contributed by atoms with Crippen molar-refractivity contribution >= 4 is 0 Å². The number of nitrogens with two attached hydrogens (primary N) is 1. The van der Waals surface area contributed by atoms with Crippen LogP contribution in [0.3, 0.4) is 0 Å². The second kappa shape index (κ2) is 9.00. The third-order valence-electron chi connectivity index (χ3n) is 3.91. The van der Waals surface area contributed by atoms with Gasteiger partial charge < -0.3 is 10.6 Å². The Bertz CT molecular complexity index is 153. The second-order valence-corrected chi connectivity index (χ2v) is 5.33. The molecular weight excluding hydrogens is 196 g/mol. The van der Waals surface area contributed by atoms with Gasteiger partial charge in [0.15, 0.2) is 0 Å². The first kappa shape index (κ1) is 14.0. The van der Waals surface area contributed by atoms with Gasteiger partial charge in [-0.2, -0.15) is 0 Å². The first-order valence-electron chi connectivity index (χ1n) is 7.25. The highest BCUT2D eigenvalue weighted by molar-refractivity contribution is 4.73. The lowest BCUT2D eigenvalue weighted by Gasteiger charge is -2.31. The van der Waals surface area contributed by atoms with E-state index in [1.165, 1.54) is 70.8 Å². The minimum absolute atomic E-state index is 0.863. The van der Waals surface area contributed by atoms with Gasteiger partial charge in [0.2, 0.25) is 0 Å². The van der Waals surface area contributed by atoms with E-state index in [0.717, 1.165) is 12.6 Å². The Hall–Kier alpha value is -0.0800. The maximum atomic E-state index is 5.48. The summed E-state index contributed by atoms with van der Waals surface area (Å²) in [6.07, 6.45) is 13.9. The molecule has 0 atom stereocenters. The van der Waals surface area contributed by atoms with Crippen molar-refractivity contribution in [1.29, 1.82) is 0 Å². The average Bonchev–Trinajstić information content (AvgIpc) is 2.34. The van der Waals surface area contributed by atoms with Crippen molar-refractivity contribution in [2.45, 2.75) is 70.3 Å². The van der Waals surface area contributed by atoms with Gasteiger partial charge in [0.25, 0.3) is 0 Å². The summed E-state index contributed by atoms with van der Waals surface area (Å²) in [5, 5.41) is 0. The summed E-state index contributed by atoms with van der Waals surface area (Å²) in [4.78, 5) is 2.60. The molecule has 0 spiro atoms. The van der Waals surface area contributed by atoms with E-state index in [0.29, 0.717) is 0 Å². The normalized spacial score (nSPS) is 18.2. The fraction of sp³-hybridized carbons (Fsp3) is 1.00. The number of unbranched alkanes of at least 4 members (excludes halogenated alkanes) is 4. The standard InChI is InChI=1S/C14H30N2/c1-16(14-10-6-5-7-11-14)13-9-4-2-3-8-12-15/h14H,2-13,15H2,1H3. The van der Waals surface area contributed by atoms with Gasteiger partial charge in [0.1, 0.15) is 0 Å². The molecule has 1 fully saturated rings. The predicted molar refractivity (Wildman–Crippen MR) is 71.6 cm³/mol. The number of hydrogen-bond donors (Lipinski definition) is 1. The molecule has 0 radical (unpaired) electrons. The summed E-state index contributed by atoms with van der Waals surface area (Å²) in [7, 11) is 2.32. The van der Waals surface area contributed by atoms with Crippen molar-refractivity contribution in [2.75, 3.05) is 20.1 Å². The van der Waals surface area contributed by atoms with Gasteiger partial charge in [-0.05, 0) is 45.8 Å². The average molecular weight is 226 g/mol. The minimum atomic E-state index is 0.863. The number of rotatable bonds is 8. The summed E-state index contributed by atoms with van der Waals surface area (Å²) in [6, 6.07) is 0.887. The van der Waals surface area contributed by atoms with Crippen LogP contribution >= 0.6 is 0 Å². The topological polar surface area (TPSA) is 29.3 Å². The first-order chi connectivity index (χ1) is 7.84. The minimum Gasteiger partial charge on any atom is -0.330 e. The van der Waals surface area contributed by atoms with Crippen LogP contribution in [0.5, 0.6) is 0 Å². The molecule has 96 valence electrons. The molecule has 0 aliphatic heterocycles. The molecule has 16 heavy (non-hydrogen) atoms. The smallest absolute Gasteiger partial charge is 0.00922 e. The quantitative estimate of drug-likeness (QED) is 0.644. The van der Waals surface area contributed by atoms with Gasteiger partial charge in [0, 0.05) is 6.04 Å². The number of hydrogen-bond acceptors (Lipinski definition) is 2. The summed E-state index contributed by atoms with van der Waals surface area (Å²) in [6.45, 7) is 2.16.